The van der Waals surface area contributed by atoms with Gasteiger partial charge in [0.2, 0.25) is 5.95 Å². The van der Waals surface area contributed by atoms with Crippen molar-refractivity contribution in [3.63, 3.8) is 0 Å². The standard InChI is InChI=1S/C18H13ClFN5OS/c1-26-11-3-5-16-14(7-11)23-17(27-16)9-21-18-24-15(8-22-25-18)12-4-2-10(20)6-13(12)19/h2-8H,9H2,1H3,(H,21,24,25). The van der Waals surface area contributed by atoms with Crippen molar-refractivity contribution in [2.75, 3.05) is 12.4 Å². The fraction of sp³-hybridized carbons (Fsp3) is 0.111. The Hall–Kier alpha value is -2.84. The maximum atomic E-state index is 13.2. The molecule has 0 unspecified atom stereocenters. The molecule has 0 saturated heterocycles. The van der Waals surface area contributed by atoms with Crippen molar-refractivity contribution in [3.05, 3.63) is 58.4 Å². The Morgan fingerprint density at radius 1 is 1.19 bits per heavy atom. The molecule has 0 amide bonds. The fourth-order valence-corrected chi connectivity index (χ4v) is 3.67. The van der Waals surface area contributed by atoms with Crippen molar-refractivity contribution in [3.8, 4) is 17.0 Å². The number of methoxy groups -OCH3 is 1. The summed E-state index contributed by atoms with van der Waals surface area (Å²) in [4.78, 5) is 8.97. The molecule has 2 aromatic heterocycles. The number of aromatic nitrogens is 4. The third-order valence-corrected chi connectivity index (χ3v) is 5.15. The molecule has 1 N–H and O–H groups in total. The summed E-state index contributed by atoms with van der Waals surface area (Å²) in [7, 11) is 1.63. The third kappa shape index (κ3) is 3.81. The van der Waals surface area contributed by atoms with Gasteiger partial charge in [-0.2, -0.15) is 5.10 Å². The molecular formula is C18H13ClFN5OS. The van der Waals surface area contributed by atoms with E-state index in [1.54, 1.807) is 24.5 Å². The number of halogens is 2. The Kier molecular flexibility index (Phi) is 4.83. The molecule has 9 heteroatoms. The predicted molar refractivity (Wildman–Crippen MR) is 104 cm³/mol. The molecule has 27 heavy (non-hydrogen) atoms. The first-order valence-corrected chi connectivity index (χ1v) is 9.14. The van der Waals surface area contributed by atoms with E-state index in [0.29, 0.717) is 23.8 Å². The number of anilines is 1. The maximum absolute atomic E-state index is 13.2. The van der Waals surface area contributed by atoms with E-state index in [0.717, 1.165) is 21.0 Å². The lowest BCUT2D eigenvalue weighted by Gasteiger charge is -2.06. The summed E-state index contributed by atoms with van der Waals surface area (Å²) in [6, 6.07) is 9.90. The number of thiazole rings is 1. The Bertz CT molecular complexity index is 1120. The van der Waals surface area contributed by atoms with E-state index in [4.69, 9.17) is 16.3 Å². The molecule has 136 valence electrons. The fourth-order valence-electron chi connectivity index (χ4n) is 2.52. The highest BCUT2D eigenvalue weighted by Gasteiger charge is 2.10. The van der Waals surface area contributed by atoms with E-state index in [9.17, 15) is 4.39 Å². The normalized spacial score (nSPS) is 10.9. The molecule has 0 radical (unpaired) electrons. The number of hydrogen-bond donors (Lipinski definition) is 1. The van der Waals surface area contributed by atoms with Gasteiger partial charge < -0.3 is 10.1 Å². The third-order valence-electron chi connectivity index (χ3n) is 3.80. The summed E-state index contributed by atoms with van der Waals surface area (Å²) >= 11 is 7.66. The first-order valence-electron chi connectivity index (χ1n) is 7.95. The largest absolute Gasteiger partial charge is 0.497 e. The summed E-state index contributed by atoms with van der Waals surface area (Å²) in [5, 5.41) is 12.2. The molecule has 2 heterocycles. The number of hydrogen-bond acceptors (Lipinski definition) is 7. The zero-order valence-corrected chi connectivity index (χ0v) is 15.7. The van der Waals surface area contributed by atoms with Crippen LogP contribution in [0.2, 0.25) is 5.02 Å². The SMILES string of the molecule is COc1ccc2sc(CNc3nncc(-c4ccc(F)cc4Cl)n3)nc2c1. The van der Waals surface area contributed by atoms with Crippen LogP contribution in [0.25, 0.3) is 21.5 Å². The molecule has 0 atom stereocenters. The van der Waals surface area contributed by atoms with Crippen LogP contribution in [0.3, 0.4) is 0 Å². The van der Waals surface area contributed by atoms with Gasteiger partial charge in [0.05, 0.1) is 40.8 Å². The lowest BCUT2D eigenvalue weighted by Crippen LogP contribution is -2.05. The molecular weight excluding hydrogens is 389 g/mol. The topological polar surface area (TPSA) is 72.8 Å². The summed E-state index contributed by atoms with van der Waals surface area (Å²) in [6.07, 6.45) is 1.48. The van der Waals surface area contributed by atoms with Gasteiger partial charge >= 0.3 is 0 Å². The van der Waals surface area contributed by atoms with Gasteiger partial charge in [0.25, 0.3) is 0 Å². The Balaban J connectivity index is 1.53. The predicted octanol–water partition coefficient (Wildman–Crippen LogP) is 4.56. The molecule has 0 saturated carbocycles. The van der Waals surface area contributed by atoms with E-state index in [-0.39, 0.29) is 5.02 Å². The van der Waals surface area contributed by atoms with Gasteiger partial charge in [0, 0.05) is 11.6 Å². The Morgan fingerprint density at radius 2 is 2.07 bits per heavy atom. The minimum absolute atomic E-state index is 0.265. The Labute approximate surface area is 163 Å². The second-order valence-electron chi connectivity index (χ2n) is 5.58. The smallest absolute Gasteiger partial charge is 0.243 e. The van der Waals surface area contributed by atoms with E-state index >= 15 is 0 Å². The molecule has 6 nitrogen and oxygen atoms in total. The average Bonchev–Trinajstić information content (AvgIpc) is 3.08. The average molecular weight is 402 g/mol. The number of nitrogens with zero attached hydrogens (tertiary/aromatic N) is 4. The first-order chi connectivity index (χ1) is 13.1. The van der Waals surface area contributed by atoms with Gasteiger partial charge in [-0.25, -0.2) is 14.4 Å². The van der Waals surface area contributed by atoms with Gasteiger partial charge in [0.1, 0.15) is 16.6 Å². The van der Waals surface area contributed by atoms with Gasteiger partial charge in [-0.1, -0.05) is 11.6 Å². The highest BCUT2D eigenvalue weighted by molar-refractivity contribution is 7.18. The van der Waals surface area contributed by atoms with Crippen LogP contribution >= 0.6 is 22.9 Å². The lowest BCUT2D eigenvalue weighted by molar-refractivity contribution is 0.415. The number of nitrogens with one attached hydrogen (secondary N) is 1. The van der Waals surface area contributed by atoms with Crippen molar-refractivity contribution >= 4 is 39.1 Å². The highest BCUT2D eigenvalue weighted by Crippen LogP contribution is 2.28. The van der Waals surface area contributed by atoms with Gasteiger partial charge in [0.15, 0.2) is 0 Å². The summed E-state index contributed by atoms with van der Waals surface area (Å²) < 4.78 is 19.5. The molecule has 0 spiro atoms. The molecule has 4 aromatic rings. The van der Waals surface area contributed by atoms with E-state index < -0.39 is 5.82 Å². The number of rotatable bonds is 5. The minimum Gasteiger partial charge on any atom is -0.497 e. The number of benzene rings is 2. The molecule has 0 aliphatic carbocycles. The van der Waals surface area contributed by atoms with Crippen LogP contribution in [0.1, 0.15) is 5.01 Å². The van der Waals surface area contributed by atoms with Crippen molar-refractivity contribution < 1.29 is 9.13 Å². The minimum atomic E-state index is -0.406. The molecule has 0 bridgehead atoms. The maximum Gasteiger partial charge on any atom is 0.243 e. The second-order valence-corrected chi connectivity index (χ2v) is 7.11. The Morgan fingerprint density at radius 3 is 2.89 bits per heavy atom. The van der Waals surface area contributed by atoms with E-state index in [1.807, 2.05) is 18.2 Å². The lowest BCUT2D eigenvalue weighted by atomic mass is 10.1. The van der Waals surface area contributed by atoms with Crippen LogP contribution in [0, 0.1) is 5.82 Å². The second kappa shape index (κ2) is 7.42. The van der Waals surface area contributed by atoms with Gasteiger partial charge in [-0.05, 0) is 30.3 Å². The molecule has 0 fully saturated rings. The molecule has 0 aliphatic heterocycles. The summed E-state index contributed by atoms with van der Waals surface area (Å²) in [5.74, 6) is 0.699. The molecule has 0 aliphatic rings. The number of ether oxygens (including phenoxy) is 1. The van der Waals surface area contributed by atoms with Crippen molar-refractivity contribution in [1.82, 2.24) is 20.2 Å². The monoisotopic (exact) mass is 401 g/mol. The van der Waals surface area contributed by atoms with Crippen LogP contribution in [-0.4, -0.2) is 27.3 Å². The number of fused-ring (bicyclic) bond motifs is 1. The van der Waals surface area contributed by atoms with Crippen LogP contribution in [0.4, 0.5) is 10.3 Å². The van der Waals surface area contributed by atoms with Gasteiger partial charge in [-0.15, -0.1) is 16.4 Å². The van der Waals surface area contributed by atoms with E-state index in [1.165, 1.54) is 18.3 Å². The van der Waals surface area contributed by atoms with Crippen LogP contribution < -0.4 is 10.1 Å². The highest BCUT2D eigenvalue weighted by atomic mass is 35.5. The van der Waals surface area contributed by atoms with Crippen molar-refractivity contribution in [1.29, 1.82) is 0 Å². The quantitative estimate of drug-likeness (QED) is 0.528. The summed E-state index contributed by atoms with van der Waals surface area (Å²) in [6.45, 7) is 0.448. The molecule has 2 aromatic carbocycles. The van der Waals surface area contributed by atoms with Crippen LogP contribution in [0.5, 0.6) is 5.75 Å². The zero-order valence-electron chi connectivity index (χ0n) is 14.1. The van der Waals surface area contributed by atoms with E-state index in [2.05, 4.69) is 25.5 Å². The van der Waals surface area contributed by atoms with Crippen LogP contribution in [0.15, 0.2) is 42.6 Å². The van der Waals surface area contributed by atoms with Crippen molar-refractivity contribution in [2.24, 2.45) is 0 Å². The first kappa shape index (κ1) is 17.6. The van der Waals surface area contributed by atoms with Gasteiger partial charge in [-0.3, -0.25) is 0 Å². The zero-order chi connectivity index (χ0) is 18.8. The summed E-state index contributed by atoms with van der Waals surface area (Å²) in [5.41, 5.74) is 1.97. The van der Waals surface area contributed by atoms with Crippen LogP contribution in [-0.2, 0) is 6.54 Å². The van der Waals surface area contributed by atoms with Crippen molar-refractivity contribution in [2.45, 2.75) is 6.54 Å². The molecule has 4 rings (SSSR count).